The SMILES string of the molecule is CC[C@H](C)NC(=O)[C@@H](C)N(c1cc(C)cc(C)c1)S(C)(=O)=O. The maximum absolute atomic E-state index is 12.3. The summed E-state index contributed by atoms with van der Waals surface area (Å²) >= 11 is 0. The monoisotopic (exact) mass is 326 g/mol. The van der Waals surface area contributed by atoms with Crippen LogP contribution in [0.25, 0.3) is 0 Å². The van der Waals surface area contributed by atoms with Gasteiger partial charge >= 0.3 is 0 Å². The molecule has 0 saturated carbocycles. The molecule has 5 nitrogen and oxygen atoms in total. The molecule has 0 unspecified atom stereocenters. The largest absolute Gasteiger partial charge is 0.352 e. The molecule has 1 rings (SSSR count). The Morgan fingerprint density at radius 1 is 1.18 bits per heavy atom. The van der Waals surface area contributed by atoms with E-state index in [1.807, 2.05) is 33.8 Å². The van der Waals surface area contributed by atoms with Gasteiger partial charge in [-0.15, -0.1) is 0 Å². The number of sulfonamides is 1. The number of nitrogens with one attached hydrogen (secondary N) is 1. The normalized spacial score (nSPS) is 14.3. The molecule has 0 aliphatic carbocycles. The summed E-state index contributed by atoms with van der Waals surface area (Å²) in [5, 5.41) is 2.84. The summed E-state index contributed by atoms with van der Waals surface area (Å²) in [5.74, 6) is -0.293. The smallest absolute Gasteiger partial charge is 0.243 e. The standard InChI is InChI=1S/C16H26N2O3S/c1-7-13(4)17-16(19)14(5)18(22(6,20)21)15-9-11(2)8-12(3)10-15/h8-10,13-14H,7H2,1-6H3,(H,17,19)/t13-,14+/m0/s1. The van der Waals surface area contributed by atoms with E-state index in [4.69, 9.17) is 0 Å². The Hall–Kier alpha value is -1.56. The topological polar surface area (TPSA) is 66.5 Å². The molecule has 1 amide bonds. The Morgan fingerprint density at radius 3 is 2.09 bits per heavy atom. The first-order chi connectivity index (χ1) is 10.1. The van der Waals surface area contributed by atoms with E-state index in [0.29, 0.717) is 5.69 Å². The van der Waals surface area contributed by atoms with Crippen LogP contribution in [0.4, 0.5) is 5.69 Å². The van der Waals surface area contributed by atoms with Gasteiger partial charge in [-0.25, -0.2) is 8.42 Å². The maximum Gasteiger partial charge on any atom is 0.243 e. The number of hydrogen-bond donors (Lipinski definition) is 1. The maximum atomic E-state index is 12.3. The molecule has 0 fully saturated rings. The van der Waals surface area contributed by atoms with Crippen LogP contribution in [-0.2, 0) is 14.8 Å². The zero-order chi connectivity index (χ0) is 17.1. The molecule has 0 heterocycles. The van der Waals surface area contributed by atoms with Crippen LogP contribution in [0.2, 0.25) is 0 Å². The Bertz CT molecular complexity index is 621. The number of anilines is 1. The van der Waals surface area contributed by atoms with Gasteiger partial charge in [0.25, 0.3) is 0 Å². The molecule has 0 bridgehead atoms. The van der Waals surface area contributed by atoms with Crippen molar-refractivity contribution in [2.75, 3.05) is 10.6 Å². The number of carbonyl (C=O) groups excluding carboxylic acids is 1. The zero-order valence-electron chi connectivity index (χ0n) is 14.2. The molecule has 0 spiro atoms. The number of amides is 1. The number of rotatable bonds is 6. The number of hydrogen-bond acceptors (Lipinski definition) is 3. The third-order valence-electron chi connectivity index (χ3n) is 3.55. The second-order valence-corrected chi connectivity index (χ2v) is 7.76. The fraction of sp³-hybridized carbons (Fsp3) is 0.562. The van der Waals surface area contributed by atoms with Gasteiger partial charge in [-0.2, -0.15) is 0 Å². The van der Waals surface area contributed by atoms with Crippen LogP contribution in [0.1, 0.15) is 38.3 Å². The molecular formula is C16H26N2O3S. The van der Waals surface area contributed by atoms with Crippen LogP contribution in [0.3, 0.4) is 0 Å². The number of aryl methyl sites for hydroxylation is 2. The van der Waals surface area contributed by atoms with Gasteiger partial charge in [-0.05, 0) is 57.4 Å². The predicted molar refractivity (Wildman–Crippen MR) is 90.6 cm³/mol. The van der Waals surface area contributed by atoms with Crippen LogP contribution in [-0.4, -0.2) is 32.7 Å². The second kappa shape index (κ2) is 7.13. The van der Waals surface area contributed by atoms with Gasteiger partial charge in [0.05, 0.1) is 11.9 Å². The van der Waals surface area contributed by atoms with E-state index in [1.54, 1.807) is 19.1 Å². The van der Waals surface area contributed by atoms with Crippen molar-refractivity contribution in [3.8, 4) is 0 Å². The first-order valence-electron chi connectivity index (χ1n) is 7.44. The molecule has 0 aliphatic rings. The van der Waals surface area contributed by atoms with Crippen LogP contribution in [0.5, 0.6) is 0 Å². The van der Waals surface area contributed by atoms with Crippen molar-refractivity contribution in [3.63, 3.8) is 0 Å². The fourth-order valence-electron chi connectivity index (χ4n) is 2.35. The Labute approximate surface area is 133 Å². The van der Waals surface area contributed by atoms with Crippen molar-refractivity contribution in [2.24, 2.45) is 0 Å². The highest BCUT2D eigenvalue weighted by atomic mass is 32.2. The highest BCUT2D eigenvalue weighted by molar-refractivity contribution is 7.92. The van der Waals surface area contributed by atoms with Gasteiger partial charge in [0.2, 0.25) is 15.9 Å². The van der Waals surface area contributed by atoms with E-state index in [-0.39, 0.29) is 11.9 Å². The quantitative estimate of drug-likeness (QED) is 0.873. The Morgan fingerprint density at radius 2 is 1.68 bits per heavy atom. The third-order valence-corrected chi connectivity index (χ3v) is 4.79. The first-order valence-corrected chi connectivity index (χ1v) is 9.29. The molecule has 0 saturated heterocycles. The average Bonchev–Trinajstić information content (AvgIpc) is 2.35. The lowest BCUT2D eigenvalue weighted by Crippen LogP contribution is -2.49. The van der Waals surface area contributed by atoms with Gasteiger partial charge in [-0.1, -0.05) is 13.0 Å². The van der Waals surface area contributed by atoms with Crippen molar-refractivity contribution in [3.05, 3.63) is 29.3 Å². The zero-order valence-corrected chi connectivity index (χ0v) is 15.0. The molecule has 2 atom stereocenters. The van der Waals surface area contributed by atoms with E-state index in [9.17, 15) is 13.2 Å². The lowest BCUT2D eigenvalue weighted by molar-refractivity contribution is -0.122. The van der Waals surface area contributed by atoms with Gasteiger partial charge < -0.3 is 5.32 Å². The summed E-state index contributed by atoms with van der Waals surface area (Å²) in [6, 6.07) is 4.73. The molecule has 1 N–H and O–H groups in total. The molecule has 1 aromatic carbocycles. The first kappa shape index (κ1) is 18.5. The summed E-state index contributed by atoms with van der Waals surface area (Å²) < 4.78 is 25.6. The lowest BCUT2D eigenvalue weighted by atomic mass is 10.1. The van der Waals surface area contributed by atoms with E-state index in [0.717, 1.165) is 23.8 Å². The Kier molecular flexibility index (Phi) is 6.00. The third kappa shape index (κ3) is 4.73. The molecule has 0 aromatic heterocycles. The van der Waals surface area contributed by atoms with E-state index in [1.165, 1.54) is 4.31 Å². The van der Waals surface area contributed by atoms with Crippen LogP contribution in [0, 0.1) is 13.8 Å². The fourth-order valence-corrected chi connectivity index (χ4v) is 3.51. The van der Waals surface area contributed by atoms with Crippen LogP contribution < -0.4 is 9.62 Å². The molecule has 0 radical (unpaired) electrons. The van der Waals surface area contributed by atoms with E-state index in [2.05, 4.69) is 5.32 Å². The summed E-state index contributed by atoms with van der Waals surface area (Å²) in [7, 11) is -3.57. The summed E-state index contributed by atoms with van der Waals surface area (Å²) in [6.07, 6.45) is 1.92. The van der Waals surface area contributed by atoms with E-state index < -0.39 is 16.1 Å². The molecule has 0 aliphatic heterocycles. The van der Waals surface area contributed by atoms with Crippen molar-refractivity contribution < 1.29 is 13.2 Å². The van der Waals surface area contributed by atoms with Crippen molar-refractivity contribution in [1.29, 1.82) is 0 Å². The van der Waals surface area contributed by atoms with Gasteiger partial charge in [0, 0.05) is 6.04 Å². The lowest BCUT2D eigenvalue weighted by Gasteiger charge is -2.29. The molecule has 124 valence electrons. The number of carbonyl (C=O) groups is 1. The van der Waals surface area contributed by atoms with E-state index >= 15 is 0 Å². The van der Waals surface area contributed by atoms with Crippen molar-refractivity contribution in [1.82, 2.24) is 5.32 Å². The minimum atomic E-state index is -3.57. The highest BCUT2D eigenvalue weighted by Crippen LogP contribution is 2.23. The average molecular weight is 326 g/mol. The molecular weight excluding hydrogens is 300 g/mol. The van der Waals surface area contributed by atoms with Crippen LogP contribution >= 0.6 is 0 Å². The summed E-state index contributed by atoms with van der Waals surface area (Å²) in [6.45, 7) is 9.28. The molecule has 6 heteroatoms. The molecule has 22 heavy (non-hydrogen) atoms. The summed E-state index contributed by atoms with van der Waals surface area (Å²) in [5.41, 5.74) is 2.43. The summed E-state index contributed by atoms with van der Waals surface area (Å²) in [4.78, 5) is 12.3. The minimum absolute atomic E-state index is 0.00982. The predicted octanol–water partition coefficient (Wildman–Crippen LogP) is 2.37. The second-order valence-electron chi connectivity index (χ2n) is 5.90. The highest BCUT2D eigenvalue weighted by Gasteiger charge is 2.29. The number of benzene rings is 1. The van der Waals surface area contributed by atoms with Crippen LogP contribution in [0.15, 0.2) is 18.2 Å². The van der Waals surface area contributed by atoms with Crippen molar-refractivity contribution in [2.45, 2.75) is 53.1 Å². The van der Waals surface area contributed by atoms with Crippen molar-refractivity contribution >= 4 is 21.6 Å². The minimum Gasteiger partial charge on any atom is -0.352 e. The molecule has 1 aromatic rings. The van der Waals surface area contributed by atoms with Gasteiger partial charge in [0.1, 0.15) is 6.04 Å². The van der Waals surface area contributed by atoms with Gasteiger partial charge in [-0.3, -0.25) is 9.10 Å². The Balaban J connectivity index is 3.22. The van der Waals surface area contributed by atoms with Gasteiger partial charge in [0.15, 0.2) is 0 Å². The number of nitrogens with zero attached hydrogens (tertiary/aromatic N) is 1.